The van der Waals surface area contributed by atoms with Gasteiger partial charge in [0, 0.05) is 5.56 Å². The highest BCUT2D eigenvalue weighted by molar-refractivity contribution is 7.92. The van der Waals surface area contributed by atoms with Crippen molar-refractivity contribution in [3.05, 3.63) is 28.8 Å². The first kappa shape index (κ1) is 23.2. The van der Waals surface area contributed by atoms with E-state index in [0.717, 1.165) is 13.8 Å². The molecule has 154 valence electrons. The highest BCUT2D eigenvalue weighted by atomic mass is 32.2. The van der Waals surface area contributed by atoms with Gasteiger partial charge in [0.05, 0.1) is 15.7 Å². The molecular weight excluding hydrogens is 409 g/mol. The number of hydrogen-bond acceptors (Lipinski definition) is 3. The molecule has 0 bridgehead atoms. The summed E-state index contributed by atoms with van der Waals surface area (Å²) in [6.45, 7) is 3.02. The summed E-state index contributed by atoms with van der Waals surface area (Å²) in [6, 6.07) is 0.223. The molecule has 1 N–H and O–H groups in total. The van der Waals surface area contributed by atoms with Gasteiger partial charge in [-0.1, -0.05) is 13.0 Å². The fourth-order valence-electron chi connectivity index (χ4n) is 2.45. The van der Waals surface area contributed by atoms with E-state index in [2.05, 4.69) is 0 Å². The minimum atomic E-state index is -6.54. The van der Waals surface area contributed by atoms with Gasteiger partial charge in [0.1, 0.15) is 0 Å². The monoisotopic (exact) mass is 424 g/mol. The maximum absolute atomic E-state index is 14.5. The molecule has 0 aliphatic heterocycles. The van der Waals surface area contributed by atoms with E-state index in [-0.39, 0.29) is 12.5 Å². The first-order valence-electron chi connectivity index (χ1n) is 7.38. The van der Waals surface area contributed by atoms with Gasteiger partial charge in [0.2, 0.25) is 0 Å². The Balaban J connectivity index is 4.18. The molecule has 0 saturated carbocycles. The average Bonchev–Trinajstić information content (AvgIpc) is 2.49. The van der Waals surface area contributed by atoms with Crippen molar-refractivity contribution in [1.82, 2.24) is 0 Å². The molecule has 4 nitrogen and oxygen atoms in total. The Morgan fingerprint density at radius 2 is 1.52 bits per heavy atom. The van der Waals surface area contributed by atoms with Crippen LogP contribution >= 0.6 is 0 Å². The molecule has 0 amide bonds. The Morgan fingerprint density at radius 1 is 1.07 bits per heavy atom. The fraction of sp³-hybridized carbons (Fsp3) is 0.533. The predicted molar refractivity (Wildman–Crippen MR) is 80.0 cm³/mol. The second-order valence-electron chi connectivity index (χ2n) is 5.84. The number of hydrogen-bond donors (Lipinski definition) is 1. The molecule has 27 heavy (non-hydrogen) atoms. The second-order valence-corrected chi connectivity index (χ2v) is 8.14. The van der Waals surface area contributed by atoms with Crippen LogP contribution in [0.15, 0.2) is 17.0 Å². The number of carboxylic acids is 1. The van der Waals surface area contributed by atoms with E-state index in [0.29, 0.717) is 6.07 Å². The lowest BCUT2D eigenvalue weighted by atomic mass is 9.91. The number of benzene rings is 1. The van der Waals surface area contributed by atoms with Crippen molar-refractivity contribution in [2.45, 2.75) is 55.4 Å². The molecule has 0 unspecified atom stereocenters. The van der Waals surface area contributed by atoms with E-state index in [1.807, 2.05) is 0 Å². The third-order valence-electron chi connectivity index (χ3n) is 4.18. The molecule has 1 aromatic rings. The lowest BCUT2D eigenvalue weighted by Crippen LogP contribution is -2.51. The van der Waals surface area contributed by atoms with Crippen LogP contribution < -0.4 is 0 Å². The van der Waals surface area contributed by atoms with Gasteiger partial charge < -0.3 is 5.11 Å². The van der Waals surface area contributed by atoms with E-state index < -0.39 is 60.7 Å². The maximum atomic E-state index is 14.5. The minimum absolute atomic E-state index is 0.0906. The van der Waals surface area contributed by atoms with E-state index in [9.17, 15) is 43.9 Å². The molecule has 0 aromatic heterocycles. The number of carboxylic acid groups (broad SMARTS) is 1. The van der Waals surface area contributed by atoms with Crippen molar-refractivity contribution >= 4 is 15.8 Å². The van der Waals surface area contributed by atoms with E-state index in [1.54, 1.807) is 0 Å². The first-order chi connectivity index (χ1) is 11.9. The van der Waals surface area contributed by atoms with Gasteiger partial charge in [0.25, 0.3) is 0 Å². The summed E-state index contributed by atoms with van der Waals surface area (Å²) in [7, 11) is -4.91. The number of aromatic carboxylic acids is 1. The van der Waals surface area contributed by atoms with Gasteiger partial charge in [-0.05, 0) is 31.9 Å². The van der Waals surface area contributed by atoms with Crippen molar-refractivity contribution in [2.75, 3.05) is 0 Å². The lowest BCUT2D eigenvalue weighted by Gasteiger charge is -2.32. The predicted octanol–water partition coefficient (Wildman–Crippen LogP) is 4.55. The zero-order chi connectivity index (χ0) is 21.6. The van der Waals surface area contributed by atoms with Crippen LogP contribution in [0.4, 0.5) is 30.7 Å². The fourth-order valence-corrected chi connectivity index (χ4v) is 4.34. The summed E-state index contributed by atoms with van der Waals surface area (Å²) in [4.78, 5) is 9.55. The number of alkyl halides is 7. The zero-order valence-corrected chi connectivity index (χ0v) is 15.0. The van der Waals surface area contributed by atoms with E-state index >= 15 is 0 Å². The number of carbonyl (C=O) groups is 1. The van der Waals surface area contributed by atoms with E-state index in [4.69, 9.17) is 5.11 Å². The van der Waals surface area contributed by atoms with Crippen molar-refractivity contribution in [1.29, 1.82) is 0 Å². The number of rotatable bonds is 5. The third kappa shape index (κ3) is 3.63. The summed E-state index contributed by atoms with van der Waals surface area (Å²) >= 11 is 0. The topological polar surface area (TPSA) is 71.4 Å². The summed E-state index contributed by atoms with van der Waals surface area (Å²) in [5.74, 6) is -1.79. The largest absolute Gasteiger partial charge is 0.478 e. The lowest BCUT2D eigenvalue weighted by molar-refractivity contribution is -0.349. The number of sulfone groups is 1. The summed E-state index contributed by atoms with van der Waals surface area (Å²) in [5.41, 5.74) is -9.97. The molecule has 1 rings (SSSR count). The Morgan fingerprint density at radius 3 is 1.85 bits per heavy atom. The Bertz CT molecular complexity index is 827. The Labute approximate surface area is 149 Å². The smallest absolute Gasteiger partial charge is 0.435 e. The van der Waals surface area contributed by atoms with Crippen molar-refractivity contribution in [3.63, 3.8) is 0 Å². The van der Waals surface area contributed by atoms with Crippen LogP contribution in [-0.4, -0.2) is 37.1 Å². The van der Waals surface area contributed by atoms with E-state index in [1.165, 1.54) is 6.92 Å². The molecule has 0 radical (unpaired) electrons. The quantitative estimate of drug-likeness (QED) is 0.704. The second kappa shape index (κ2) is 6.95. The van der Waals surface area contributed by atoms with Crippen LogP contribution in [0.3, 0.4) is 0 Å². The molecule has 1 atom stereocenters. The third-order valence-corrected chi connectivity index (χ3v) is 6.67. The van der Waals surface area contributed by atoms with Crippen molar-refractivity contribution in [3.8, 4) is 0 Å². The summed E-state index contributed by atoms with van der Waals surface area (Å²) < 4.78 is 118. The van der Waals surface area contributed by atoms with Gasteiger partial charge in [-0.2, -0.15) is 26.3 Å². The standard InChI is InChI=1S/C15H15F7O4S/c1-4-7(2)27(25,26)11-8(3)9(12(23)24)5-6-10(11)13(16,14(17,18)19)15(20,21)22/h5-7H,4H2,1-3H3,(H,23,24)/t7-/m0/s1. The highest BCUT2D eigenvalue weighted by Crippen LogP contribution is 2.55. The minimum Gasteiger partial charge on any atom is -0.478 e. The number of halogens is 7. The van der Waals surface area contributed by atoms with Crippen molar-refractivity contribution < 1.29 is 49.1 Å². The maximum Gasteiger partial charge on any atom is 0.435 e. The van der Waals surface area contributed by atoms with Crippen LogP contribution in [0.1, 0.15) is 41.8 Å². The van der Waals surface area contributed by atoms with Crippen LogP contribution in [0.5, 0.6) is 0 Å². The van der Waals surface area contributed by atoms with Crippen LogP contribution in [0, 0.1) is 6.92 Å². The molecular formula is C15H15F7O4S. The normalized spacial score (nSPS) is 14.9. The van der Waals surface area contributed by atoms with Gasteiger partial charge in [-0.25, -0.2) is 17.6 Å². The molecule has 0 aliphatic carbocycles. The SMILES string of the molecule is CC[C@H](C)S(=O)(=O)c1c(C(F)(C(F)(F)F)C(F)(F)F)ccc(C(=O)O)c1C. The Kier molecular flexibility index (Phi) is 5.97. The zero-order valence-electron chi connectivity index (χ0n) is 14.2. The summed E-state index contributed by atoms with van der Waals surface area (Å²) in [6.07, 6.45) is -13.3. The Hall–Kier alpha value is -1.85. The van der Waals surface area contributed by atoms with Gasteiger partial charge >= 0.3 is 24.0 Å². The molecule has 0 saturated heterocycles. The molecule has 1 aromatic carbocycles. The van der Waals surface area contributed by atoms with Gasteiger partial charge in [0.15, 0.2) is 9.84 Å². The first-order valence-corrected chi connectivity index (χ1v) is 8.92. The molecule has 0 spiro atoms. The van der Waals surface area contributed by atoms with Crippen LogP contribution in [-0.2, 0) is 15.5 Å². The molecule has 0 heterocycles. The van der Waals surface area contributed by atoms with Crippen molar-refractivity contribution in [2.24, 2.45) is 0 Å². The van der Waals surface area contributed by atoms with Crippen LogP contribution in [0.2, 0.25) is 0 Å². The van der Waals surface area contributed by atoms with Gasteiger partial charge in [-0.15, -0.1) is 0 Å². The molecule has 0 fully saturated rings. The van der Waals surface area contributed by atoms with Gasteiger partial charge in [-0.3, -0.25) is 0 Å². The highest BCUT2D eigenvalue weighted by Gasteiger charge is 2.74. The molecule has 12 heteroatoms. The van der Waals surface area contributed by atoms with Crippen LogP contribution in [0.25, 0.3) is 0 Å². The average molecular weight is 424 g/mol. The summed E-state index contributed by atoms with van der Waals surface area (Å²) in [5, 5.41) is 7.55. The molecule has 0 aliphatic rings.